The molecule has 0 aliphatic heterocycles. The van der Waals surface area contributed by atoms with Crippen LogP contribution in [0.5, 0.6) is 0 Å². The number of aryl methyl sites for hydroxylation is 2. The van der Waals surface area contributed by atoms with Crippen molar-refractivity contribution in [2.45, 2.75) is 24.3 Å². The van der Waals surface area contributed by atoms with Gasteiger partial charge in [-0.25, -0.2) is 9.97 Å². The van der Waals surface area contributed by atoms with Gasteiger partial charge in [0.05, 0.1) is 0 Å². The third-order valence-electron chi connectivity index (χ3n) is 2.67. The molecule has 0 aliphatic rings. The Morgan fingerprint density at radius 2 is 1.74 bits per heavy atom. The summed E-state index contributed by atoms with van der Waals surface area (Å²) in [5.41, 5.74) is 9.05. The van der Waals surface area contributed by atoms with Gasteiger partial charge in [-0.1, -0.05) is 39.8 Å². The van der Waals surface area contributed by atoms with Crippen molar-refractivity contribution in [3.05, 3.63) is 51.8 Å². The second-order valence-corrected chi connectivity index (χ2v) is 6.41. The Morgan fingerprint density at radius 1 is 1.16 bits per heavy atom. The van der Waals surface area contributed by atoms with Crippen LogP contribution in [0.4, 0.5) is 0 Å². The molecule has 0 radical (unpaired) electrons. The zero-order valence-electron chi connectivity index (χ0n) is 10.9. The monoisotopic (exact) mass is 337 g/mol. The molecule has 0 spiro atoms. The lowest BCUT2D eigenvalue weighted by molar-refractivity contribution is 0.877. The van der Waals surface area contributed by atoms with Crippen LogP contribution in [0.1, 0.15) is 22.2 Å². The minimum Gasteiger partial charge on any atom is -0.329 e. The second kappa shape index (κ2) is 6.50. The van der Waals surface area contributed by atoms with E-state index in [1.165, 1.54) is 5.56 Å². The molecule has 1 unspecified atom stereocenters. The van der Waals surface area contributed by atoms with E-state index in [1.807, 2.05) is 32.0 Å². The quantitative estimate of drug-likeness (QED) is 0.683. The summed E-state index contributed by atoms with van der Waals surface area (Å²) in [6.07, 6.45) is 0. The standard InChI is InChI=1S/C14H16BrN3S/c1-9-7-10(2)18-14(17-9)19-13(8-16)11-3-5-12(15)6-4-11/h3-7,13H,8,16H2,1-2H3. The van der Waals surface area contributed by atoms with Crippen molar-refractivity contribution in [3.8, 4) is 0 Å². The molecule has 0 aliphatic carbocycles. The number of hydrogen-bond acceptors (Lipinski definition) is 4. The minimum absolute atomic E-state index is 0.175. The van der Waals surface area contributed by atoms with Crippen LogP contribution in [0.3, 0.4) is 0 Å². The number of aromatic nitrogens is 2. The Morgan fingerprint density at radius 3 is 2.26 bits per heavy atom. The molecular weight excluding hydrogens is 322 g/mol. The van der Waals surface area contributed by atoms with Gasteiger partial charge in [0.25, 0.3) is 0 Å². The molecule has 2 N–H and O–H groups in total. The van der Waals surface area contributed by atoms with E-state index in [4.69, 9.17) is 5.73 Å². The minimum atomic E-state index is 0.175. The van der Waals surface area contributed by atoms with Gasteiger partial charge in [0, 0.05) is 27.7 Å². The van der Waals surface area contributed by atoms with Crippen LogP contribution in [-0.4, -0.2) is 16.5 Å². The summed E-state index contributed by atoms with van der Waals surface area (Å²) in [5, 5.41) is 0.963. The van der Waals surface area contributed by atoms with Crippen LogP contribution in [0.15, 0.2) is 40.0 Å². The lowest BCUT2D eigenvalue weighted by Gasteiger charge is -2.14. The van der Waals surface area contributed by atoms with Gasteiger partial charge in [-0.15, -0.1) is 0 Å². The highest BCUT2D eigenvalue weighted by molar-refractivity contribution is 9.10. The van der Waals surface area contributed by atoms with Crippen molar-refractivity contribution in [2.24, 2.45) is 5.73 Å². The SMILES string of the molecule is Cc1cc(C)nc(SC(CN)c2ccc(Br)cc2)n1. The summed E-state index contributed by atoms with van der Waals surface area (Å²) in [6, 6.07) is 10.2. The maximum absolute atomic E-state index is 5.88. The van der Waals surface area contributed by atoms with Crippen molar-refractivity contribution in [2.75, 3.05) is 6.54 Å². The molecule has 2 rings (SSSR count). The normalized spacial score (nSPS) is 12.4. The Kier molecular flexibility index (Phi) is 4.96. The number of rotatable bonds is 4. The Bertz CT molecular complexity index is 537. The van der Waals surface area contributed by atoms with E-state index in [0.717, 1.165) is 21.0 Å². The van der Waals surface area contributed by atoms with E-state index in [0.29, 0.717) is 6.54 Å². The average molecular weight is 338 g/mol. The molecular formula is C14H16BrN3S. The molecule has 5 heteroatoms. The molecule has 0 bridgehead atoms. The number of nitrogens with zero attached hydrogens (tertiary/aromatic N) is 2. The summed E-state index contributed by atoms with van der Waals surface area (Å²) in [7, 11) is 0. The smallest absolute Gasteiger partial charge is 0.188 e. The highest BCUT2D eigenvalue weighted by atomic mass is 79.9. The Labute approximate surface area is 126 Å². The van der Waals surface area contributed by atoms with Gasteiger partial charge in [-0.3, -0.25) is 0 Å². The maximum Gasteiger partial charge on any atom is 0.188 e. The molecule has 1 aromatic heterocycles. The van der Waals surface area contributed by atoms with Crippen molar-refractivity contribution in [1.82, 2.24) is 9.97 Å². The lowest BCUT2D eigenvalue weighted by atomic mass is 10.1. The second-order valence-electron chi connectivity index (χ2n) is 4.33. The highest BCUT2D eigenvalue weighted by Gasteiger charge is 2.13. The fourth-order valence-electron chi connectivity index (χ4n) is 1.80. The fraction of sp³-hybridized carbons (Fsp3) is 0.286. The molecule has 100 valence electrons. The summed E-state index contributed by atoms with van der Waals surface area (Å²) < 4.78 is 1.07. The van der Waals surface area contributed by atoms with Crippen LogP contribution in [0.2, 0.25) is 0 Å². The molecule has 1 heterocycles. The third-order valence-corrected chi connectivity index (χ3v) is 4.34. The number of hydrogen-bond donors (Lipinski definition) is 1. The molecule has 0 saturated heterocycles. The van der Waals surface area contributed by atoms with E-state index in [9.17, 15) is 0 Å². The summed E-state index contributed by atoms with van der Waals surface area (Å²) in [6.45, 7) is 4.52. The van der Waals surface area contributed by atoms with Crippen molar-refractivity contribution in [1.29, 1.82) is 0 Å². The van der Waals surface area contributed by atoms with Gasteiger partial charge in [-0.2, -0.15) is 0 Å². The van der Waals surface area contributed by atoms with Crippen LogP contribution < -0.4 is 5.73 Å². The van der Waals surface area contributed by atoms with Gasteiger partial charge in [0.2, 0.25) is 0 Å². The molecule has 0 fully saturated rings. The molecule has 19 heavy (non-hydrogen) atoms. The molecule has 0 saturated carbocycles. The number of nitrogens with two attached hydrogens (primary N) is 1. The van der Waals surface area contributed by atoms with Crippen LogP contribution in [-0.2, 0) is 0 Å². The van der Waals surface area contributed by atoms with Gasteiger partial charge >= 0.3 is 0 Å². The van der Waals surface area contributed by atoms with Crippen molar-refractivity contribution in [3.63, 3.8) is 0 Å². The molecule has 1 aromatic carbocycles. The largest absolute Gasteiger partial charge is 0.329 e. The Hall–Kier alpha value is -0.910. The highest BCUT2D eigenvalue weighted by Crippen LogP contribution is 2.33. The van der Waals surface area contributed by atoms with Gasteiger partial charge in [0.15, 0.2) is 5.16 Å². The first-order chi connectivity index (χ1) is 9.08. The first-order valence-corrected chi connectivity index (χ1v) is 7.70. The first kappa shape index (κ1) is 14.5. The first-order valence-electron chi connectivity index (χ1n) is 6.03. The van der Waals surface area contributed by atoms with Gasteiger partial charge in [0.1, 0.15) is 0 Å². The van der Waals surface area contributed by atoms with Crippen molar-refractivity contribution >= 4 is 27.7 Å². The zero-order chi connectivity index (χ0) is 13.8. The van der Waals surface area contributed by atoms with Gasteiger partial charge in [-0.05, 0) is 37.6 Å². The van der Waals surface area contributed by atoms with E-state index >= 15 is 0 Å². The van der Waals surface area contributed by atoms with E-state index in [-0.39, 0.29) is 5.25 Å². The van der Waals surface area contributed by atoms with Crippen LogP contribution in [0, 0.1) is 13.8 Å². The van der Waals surface area contributed by atoms with Crippen molar-refractivity contribution < 1.29 is 0 Å². The van der Waals surface area contributed by atoms with E-state index < -0.39 is 0 Å². The van der Waals surface area contributed by atoms with E-state index in [1.54, 1.807) is 11.8 Å². The van der Waals surface area contributed by atoms with Crippen LogP contribution in [0.25, 0.3) is 0 Å². The fourth-order valence-corrected chi connectivity index (χ4v) is 3.10. The summed E-state index contributed by atoms with van der Waals surface area (Å²) >= 11 is 5.05. The molecule has 3 nitrogen and oxygen atoms in total. The number of thioether (sulfide) groups is 1. The average Bonchev–Trinajstić information content (AvgIpc) is 2.36. The zero-order valence-corrected chi connectivity index (χ0v) is 13.3. The molecule has 2 aromatic rings. The maximum atomic E-state index is 5.88. The topological polar surface area (TPSA) is 51.8 Å². The number of halogens is 1. The summed E-state index contributed by atoms with van der Waals surface area (Å²) in [5.74, 6) is 0. The van der Waals surface area contributed by atoms with Gasteiger partial charge < -0.3 is 5.73 Å². The third kappa shape index (κ3) is 4.03. The molecule has 0 amide bonds. The number of benzene rings is 1. The predicted molar refractivity (Wildman–Crippen MR) is 83.3 cm³/mol. The van der Waals surface area contributed by atoms with Crippen LogP contribution >= 0.6 is 27.7 Å². The predicted octanol–water partition coefficient (Wildman–Crippen LogP) is 3.65. The lowest BCUT2D eigenvalue weighted by Crippen LogP contribution is -2.10. The van der Waals surface area contributed by atoms with E-state index in [2.05, 4.69) is 38.0 Å². The Balaban J connectivity index is 2.21. The summed E-state index contributed by atoms with van der Waals surface area (Å²) in [4.78, 5) is 8.90. The molecule has 1 atom stereocenters.